The minimum absolute atomic E-state index is 0.124. The number of carbonyl (C=O) groups is 1. The second-order valence-corrected chi connectivity index (χ2v) is 9.53. The minimum atomic E-state index is -0.579. The maximum Gasteiger partial charge on any atom is 0.347 e. The lowest BCUT2D eigenvalue weighted by atomic mass is 9.89. The zero-order chi connectivity index (χ0) is 22.6. The molecule has 1 aliphatic rings. The van der Waals surface area contributed by atoms with Crippen molar-refractivity contribution in [2.75, 3.05) is 19.7 Å². The highest BCUT2D eigenvalue weighted by atomic mass is 19.1. The van der Waals surface area contributed by atoms with Crippen LogP contribution in [0, 0.1) is 18.2 Å². The van der Waals surface area contributed by atoms with E-state index in [0.29, 0.717) is 42.2 Å². The van der Waals surface area contributed by atoms with Crippen molar-refractivity contribution in [2.45, 2.75) is 60.4 Å². The summed E-state index contributed by atoms with van der Waals surface area (Å²) in [5.41, 5.74) is 2.09. The molecule has 3 rings (SSSR count). The lowest BCUT2D eigenvalue weighted by Crippen LogP contribution is -2.38. The normalized spacial score (nSPS) is 14.3. The molecule has 0 fully saturated rings. The molecule has 0 bridgehead atoms. The number of para-hydroxylation sites is 1. The van der Waals surface area contributed by atoms with Gasteiger partial charge in [0.1, 0.15) is 22.9 Å². The van der Waals surface area contributed by atoms with Gasteiger partial charge in [-0.05, 0) is 42.9 Å². The fourth-order valence-corrected chi connectivity index (χ4v) is 4.10. The molecule has 4 nitrogen and oxygen atoms in total. The molecule has 0 atom stereocenters. The summed E-state index contributed by atoms with van der Waals surface area (Å²) >= 11 is 0. The first-order chi connectivity index (χ1) is 14.7. The number of halogens is 1. The van der Waals surface area contributed by atoms with Crippen LogP contribution in [-0.2, 0) is 13.0 Å². The van der Waals surface area contributed by atoms with Gasteiger partial charge >= 0.3 is 5.97 Å². The number of esters is 1. The predicted molar refractivity (Wildman–Crippen MR) is 121 cm³/mol. The van der Waals surface area contributed by atoms with Gasteiger partial charge in [0, 0.05) is 30.8 Å². The topological polar surface area (TPSA) is 38.8 Å². The molecule has 5 heteroatoms. The Morgan fingerprint density at radius 1 is 1.16 bits per heavy atom. The summed E-state index contributed by atoms with van der Waals surface area (Å²) < 4.78 is 27.1. The number of fused-ring (bicyclic) bond motifs is 1. The first-order valence-electron chi connectivity index (χ1n) is 11.2. The third kappa shape index (κ3) is 5.65. The fraction of sp³-hybridized carbons (Fsp3) is 0.500. The first-order valence-corrected chi connectivity index (χ1v) is 11.2. The van der Waals surface area contributed by atoms with Crippen molar-refractivity contribution >= 4 is 5.97 Å². The largest absolute Gasteiger partial charge is 0.492 e. The third-order valence-electron chi connectivity index (χ3n) is 5.49. The van der Waals surface area contributed by atoms with E-state index in [1.54, 1.807) is 31.2 Å². The molecule has 1 heterocycles. The average molecular weight is 428 g/mol. The third-order valence-corrected chi connectivity index (χ3v) is 5.49. The van der Waals surface area contributed by atoms with Gasteiger partial charge in [0.2, 0.25) is 0 Å². The monoisotopic (exact) mass is 427 g/mol. The van der Waals surface area contributed by atoms with E-state index in [1.807, 2.05) is 6.07 Å². The van der Waals surface area contributed by atoms with E-state index < -0.39 is 5.97 Å². The fourth-order valence-electron chi connectivity index (χ4n) is 4.10. The molecule has 0 unspecified atom stereocenters. The Kier molecular flexibility index (Phi) is 7.37. The predicted octanol–water partition coefficient (Wildman–Crippen LogP) is 5.94. The van der Waals surface area contributed by atoms with Gasteiger partial charge in [0.25, 0.3) is 0 Å². The number of benzene rings is 2. The van der Waals surface area contributed by atoms with Crippen LogP contribution in [0.25, 0.3) is 0 Å². The van der Waals surface area contributed by atoms with Crippen molar-refractivity contribution in [3.63, 3.8) is 0 Å². The van der Waals surface area contributed by atoms with Crippen molar-refractivity contribution in [3.8, 4) is 11.5 Å². The van der Waals surface area contributed by atoms with Crippen LogP contribution in [0.3, 0.4) is 0 Å². The van der Waals surface area contributed by atoms with E-state index >= 15 is 4.39 Å². The second-order valence-electron chi connectivity index (χ2n) is 9.53. The van der Waals surface area contributed by atoms with Gasteiger partial charge in [-0.3, -0.25) is 4.90 Å². The van der Waals surface area contributed by atoms with Crippen molar-refractivity contribution < 1.29 is 18.7 Å². The Balaban J connectivity index is 2.03. The first kappa shape index (κ1) is 23.3. The number of ether oxygens (including phenoxy) is 2. The summed E-state index contributed by atoms with van der Waals surface area (Å²) in [5.74, 6) is 0.0268. The van der Waals surface area contributed by atoms with E-state index in [4.69, 9.17) is 9.47 Å². The van der Waals surface area contributed by atoms with Crippen LogP contribution in [0.1, 0.15) is 67.6 Å². The van der Waals surface area contributed by atoms with E-state index in [1.165, 1.54) is 0 Å². The maximum atomic E-state index is 15.4. The summed E-state index contributed by atoms with van der Waals surface area (Å²) in [6, 6.07) is 8.87. The molecule has 2 aromatic rings. The molecule has 0 aromatic heterocycles. The number of unbranched alkanes of at least 4 members (excludes halogenated alkanes) is 1. The minimum Gasteiger partial charge on any atom is -0.492 e. The Morgan fingerprint density at radius 3 is 2.52 bits per heavy atom. The summed E-state index contributed by atoms with van der Waals surface area (Å²) in [7, 11) is 0. The number of rotatable bonds is 7. The molecule has 0 radical (unpaired) electrons. The highest BCUT2D eigenvalue weighted by molar-refractivity contribution is 5.96. The lowest BCUT2D eigenvalue weighted by Gasteiger charge is -2.35. The standard InChI is InChI=1S/C26H34FNO3/c1-6-7-15-30-24-21-16-28(17-26(3,4)5)14-13-20(21)23(27)18(2)22(24)25(29)31-19-11-9-8-10-12-19/h8-12H,6-7,13-17H2,1-5H3. The summed E-state index contributed by atoms with van der Waals surface area (Å²) in [6.45, 7) is 13.0. The molecule has 0 saturated heterocycles. The van der Waals surface area contributed by atoms with Gasteiger partial charge in [0.05, 0.1) is 6.61 Å². The molecule has 0 spiro atoms. The molecule has 2 aromatic carbocycles. The Labute approximate surface area is 185 Å². The van der Waals surface area contributed by atoms with Crippen molar-refractivity contribution in [3.05, 3.63) is 58.4 Å². The smallest absolute Gasteiger partial charge is 0.347 e. The quantitative estimate of drug-likeness (QED) is 0.312. The van der Waals surface area contributed by atoms with Gasteiger partial charge < -0.3 is 9.47 Å². The zero-order valence-electron chi connectivity index (χ0n) is 19.4. The second kappa shape index (κ2) is 9.82. The van der Waals surface area contributed by atoms with E-state index in [2.05, 4.69) is 32.6 Å². The average Bonchev–Trinajstić information content (AvgIpc) is 2.71. The zero-order valence-corrected chi connectivity index (χ0v) is 19.4. The molecule has 0 N–H and O–H groups in total. The highest BCUT2D eigenvalue weighted by Gasteiger charge is 2.32. The molecule has 0 saturated carbocycles. The highest BCUT2D eigenvalue weighted by Crippen LogP contribution is 2.38. The Bertz CT molecular complexity index is 919. The SMILES string of the molecule is CCCCOc1c2c(c(F)c(C)c1C(=O)Oc1ccccc1)CCN(CC(C)(C)C)C2. The molecule has 31 heavy (non-hydrogen) atoms. The van der Waals surface area contributed by atoms with Gasteiger partial charge in [-0.2, -0.15) is 0 Å². The van der Waals surface area contributed by atoms with Crippen molar-refractivity contribution in [1.82, 2.24) is 4.90 Å². The van der Waals surface area contributed by atoms with Gasteiger partial charge in [-0.1, -0.05) is 52.3 Å². The molecule has 168 valence electrons. The van der Waals surface area contributed by atoms with E-state index in [-0.39, 0.29) is 16.8 Å². The van der Waals surface area contributed by atoms with Crippen LogP contribution in [0.4, 0.5) is 4.39 Å². The van der Waals surface area contributed by atoms with Crippen LogP contribution in [0.15, 0.2) is 30.3 Å². The van der Waals surface area contributed by atoms with Crippen LogP contribution in [0.2, 0.25) is 0 Å². The Hall–Kier alpha value is -2.40. The number of hydrogen-bond acceptors (Lipinski definition) is 4. The van der Waals surface area contributed by atoms with Gasteiger partial charge in [-0.25, -0.2) is 9.18 Å². The van der Waals surface area contributed by atoms with Crippen LogP contribution in [0.5, 0.6) is 11.5 Å². The Morgan fingerprint density at radius 2 is 1.87 bits per heavy atom. The molecule has 0 aliphatic carbocycles. The van der Waals surface area contributed by atoms with Crippen LogP contribution < -0.4 is 9.47 Å². The molecular weight excluding hydrogens is 393 g/mol. The van der Waals surface area contributed by atoms with Gasteiger partial charge in [-0.15, -0.1) is 0 Å². The molecular formula is C26H34FNO3. The van der Waals surface area contributed by atoms with Crippen molar-refractivity contribution in [2.24, 2.45) is 5.41 Å². The van der Waals surface area contributed by atoms with Crippen molar-refractivity contribution in [1.29, 1.82) is 0 Å². The van der Waals surface area contributed by atoms with Gasteiger partial charge in [0.15, 0.2) is 0 Å². The lowest BCUT2D eigenvalue weighted by molar-refractivity contribution is 0.0727. The maximum absolute atomic E-state index is 15.4. The number of nitrogens with zero attached hydrogens (tertiary/aromatic N) is 1. The summed E-state index contributed by atoms with van der Waals surface area (Å²) in [6.07, 6.45) is 2.45. The number of carbonyl (C=O) groups excluding carboxylic acids is 1. The van der Waals surface area contributed by atoms with Crippen LogP contribution in [-0.4, -0.2) is 30.6 Å². The number of hydrogen-bond donors (Lipinski definition) is 0. The van der Waals surface area contributed by atoms with Crippen LogP contribution >= 0.6 is 0 Å². The molecule has 1 aliphatic heterocycles. The summed E-state index contributed by atoms with van der Waals surface area (Å²) in [4.78, 5) is 15.5. The summed E-state index contributed by atoms with van der Waals surface area (Å²) in [5, 5.41) is 0. The van der Waals surface area contributed by atoms with E-state index in [9.17, 15) is 4.79 Å². The van der Waals surface area contributed by atoms with E-state index in [0.717, 1.165) is 31.5 Å². The molecule has 0 amide bonds.